The number of ether oxygens (including phenoxy) is 13. The van der Waals surface area contributed by atoms with Crippen molar-refractivity contribution < 1.29 is 178 Å². The van der Waals surface area contributed by atoms with Gasteiger partial charge < -0.3 is 179 Å². The zero-order valence-electron chi connectivity index (χ0n) is 44.7. The van der Waals surface area contributed by atoms with Gasteiger partial charge in [-0.15, -0.1) is 0 Å². The van der Waals surface area contributed by atoms with E-state index in [0.29, 0.717) is 0 Å². The predicted molar refractivity (Wildman–Crippen MR) is 255 cm³/mol. The number of hydrogen-bond donors (Lipinski definition) is 23. The summed E-state index contributed by atoms with van der Waals surface area (Å²) in [6.45, 7) is -4.73. The van der Waals surface area contributed by atoms with Gasteiger partial charge >= 0.3 is 0 Å². The highest BCUT2D eigenvalue weighted by Gasteiger charge is 2.58. The van der Waals surface area contributed by atoms with Crippen LogP contribution in [0.3, 0.4) is 0 Å². The van der Waals surface area contributed by atoms with Crippen molar-refractivity contribution in [2.75, 3.05) is 46.2 Å². The molecule has 7 aliphatic heterocycles. The molecule has 0 aromatic carbocycles. The van der Waals surface area contributed by atoms with Gasteiger partial charge in [0.2, 0.25) is 11.8 Å². The third-order valence-electron chi connectivity index (χ3n) is 15.3. The molecule has 2 amide bonds. The van der Waals surface area contributed by atoms with Crippen LogP contribution in [-0.2, 0) is 71.2 Å². The SMILES string of the molecule is CC(=O)N[C@@H]1[C@@H](O)[C@H](O[C@@H]2O[C@H](CO)[C@@H](O[C@@H]3O[C@H](CO[C@@H]4O[C@H](CO[C@H]5O[C@H](CO)[C@@H](O)[C@H](O)[C@@H]5O)[C@@H](O)[C@H](O)[C@@H]4O)[C@@H](O)[C@H](O[C@H]4O[C@H](CO)[C@@H](O)[C@H](O)[C@@H]4O[C@H]4O[C@H](CO)[C@@H](O)[C@H](O)[C@@H]4O)[C@@H]3O)[C@H](O)[C@H]2NC(C)=O)[C@@H](CO)O[C@H]1O. The third-order valence-corrected chi connectivity index (χ3v) is 15.3. The average molecular weight is 1240 g/mol. The molecule has 0 unspecified atom stereocenters. The number of hydrogen-bond acceptors (Lipinski definition) is 36. The van der Waals surface area contributed by atoms with Gasteiger partial charge in [-0.05, 0) is 0 Å². The summed E-state index contributed by atoms with van der Waals surface area (Å²) in [5, 5.41) is 231. The molecule has 0 aromatic heterocycles. The minimum Gasteiger partial charge on any atom is -0.394 e. The van der Waals surface area contributed by atoms with Crippen molar-refractivity contribution >= 4 is 11.8 Å². The monoisotopic (exact) mass is 1230 g/mol. The first-order valence-electron chi connectivity index (χ1n) is 26.6. The van der Waals surface area contributed by atoms with E-state index in [4.69, 9.17) is 61.6 Å². The minimum atomic E-state index is -2.40. The highest BCUT2D eigenvalue weighted by atomic mass is 16.8. The Balaban J connectivity index is 1.17. The van der Waals surface area contributed by atoms with Crippen LogP contribution in [0.5, 0.6) is 0 Å². The summed E-state index contributed by atoms with van der Waals surface area (Å²) in [6, 6.07) is -3.39. The van der Waals surface area contributed by atoms with Crippen LogP contribution in [0.25, 0.3) is 0 Å². The number of carbonyl (C=O) groups excluding carboxylic acids is 2. The topological polar surface area (TPSA) is 603 Å². The van der Waals surface area contributed by atoms with Crippen LogP contribution in [0.4, 0.5) is 0 Å². The molecule has 7 saturated heterocycles. The van der Waals surface area contributed by atoms with Crippen LogP contribution in [-0.4, -0.2) is 380 Å². The molecule has 38 nitrogen and oxygen atoms in total. The van der Waals surface area contributed by atoms with Crippen LogP contribution in [0, 0.1) is 0 Å². The number of aliphatic hydroxyl groups is 21. The lowest BCUT2D eigenvalue weighted by Crippen LogP contribution is -2.70. The van der Waals surface area contributed by atoms with Crippen LogP contribution < -0.4 is 10.6 Å². The summed E-state index contributed by atoms with van der Waals surface area (Å²) in [6.07, 6.45) is -65.2. The predicted octanol–water partition coefficient (Wildman–Crippen LogP) is -16.0. The lowest BCUT2D eigenvalue weighted by molar-refractivity contribution is -0.398. The molecule has 84 heavy (non-hydrogen) atoms. The Morgan fingerprint density at radius 2 is 0.643 bits per heavy atom. The lowest BCUT2D eigenvalue weighted by Gasteiger charge is -2.50. The Morgan fingerprint density at radius 1 is 0.310 bits per heavy atom. The maximum atomic E-state index is 12.7. The molecule has 0 aromatic rings. The molecule has 35 atom stereocenters. The Labute approximate surface area is 475 Å². The standard InChI is InChI=1S/C46H78N2O36/c1-10(54)47-19-26(61)36(15(6-52)74-40(19)71)81-41-20(48-11(2)55)27(62)37(16(7-53)78-41)82-45-35(70)38(83-46-39(31(66)23(58)14(5-51)77-46)84-44-34(69)29(64)22(57)13(4-50)76-44)25(60)18(80-45)9-73-43-33(68)30(65)24(59)17(79-43)8-72-42-32(67)28(63)21(56)12(3-49)75-42/h12-46,49-53,56-71H,3-9H2,1-2H3,(H,47,54)(H,48,55)/t12-,13-,14-,15-,16-,17-,18-,19-,20-,21-,22-,23-,24-,25-,26-,27-,28+,29+,30+,31+,32+,33+,34+,35+,36-,37-,38+,39+,40-,41+,42+,43-,44-,45+,46-/m1/s1. The molecule has 7 fully saturated rings. The van der Waals surface area contributed by atoms with Crippen molar-refractivity contribution in [2.24, 2.45) is 0 Å². The number of rotatable bonds is 21. The number of aliphatic hydroxyl groups excluding tert-OH is 21. The molecule has 0 spiro atoms. The summed E-state index contributed by atoms with van der Waals surface area (Å²) in [5.41, 5.74) is 0. The molecule has 0 radical (unpaired) electrons. The van der Waals surface area contributed by atoms with Crippen LogP contribution in [0.2, 0.25) is 0 Å². The van der Waals surface area contributed by atoms with Crippen molar-refractivity contribution in [3.8, 4) is 0 Å². The van der Waals surface area contributed by atoms with E-state index >= 15 is 0 Å². The average Bonchev–Trinajstić information content (AvgIpc) is 2.89. The van der Waals surface area contributed by atoms with E-state index in [1.807, 2.05) is 0 Å². The van der Waals surface area contributed by atoms with Gasteiger partial charge in [0.15, 0.2) is 44.0 Å². The van der Waals surface area contributed by atoms with Gasteiger partial charge in [0.1, 0.15) is 171 Å². The second kappa shape index (κ2) is 29.9. The Kier molecular flexibility index (Phi) is 24.6. The maximum absolute atomic E-state index is 12.7. The third kappa shape index (κ3) is 14.9. The first-order chi connectivity index (χ1) is 39.7. The fourth-order valence-corrected chi connectivity index (χ4v) is 10.6. The van der Waals surface area contributed by atoms with E-state index in [1.165, 1.54) is 0 Å². The zero-order chi connectivity index (χ0) is 61.9. The molecular formula is C46H78N2O36. The molecule has 23 N–H and O–H groups in total. The van der Waals surface area contributed by atoms with Crippen LogP contribution in [0.1, 0.15) is 13.8 Å². The minimum absolute atomic E-state index is 0.742. The van der Waals surface area contributed by atoms with E-state index in [1.54, 1.807) is 0 Å². The van der Waals surface area contributed by atoms with Gasteiger partial charge in [0.05, 0.1) is 46.2 Å². The fraction of sp³-hybridized carbons (Fsp3) is 0.957. The molecule has 488 valence electrons. The van der Waals surface area contributed by atoms with Crippen molar-refractivity contribution in [1.29, 1.82) is 0 Å². The summed E-state index contributed by atoms with van der Waals surface area (Å²) in [5.74, 6) is -1.62. The smallest absolute Gasteiger partial charge is 0.217 e. The van der Waals surface area contributed by atoms with Gasteiger partial charge in [-0.25, -0.2) is 0 Å². The number of amides is 2. The quantitative estimate of drug-likeness (QED) is 0.0507. The molecule has 0 bridgehead atoms. The summed E-state index contributed by atoms with van der Waals surface area (Å²) in [7, 11) is 0. The molecule has 38 heteroatoms. The van der Waals surface area contributed by atoms with Gasteiger partial charge in [-0.2, -0.15) is 0 Å². The summed E-state index contributed by atoms with van der Waals surface area (Å²) >= 11 is 0. The van der Waals surface area contributed by atoms with Crippen molar-refractivity contribution in [1.82, 2.24) is 10.6 Å². The molecule has 7 heterocycles. The second-order valence-corrected chi connectivity index (χ2v) is 21.1. The first-order valence-corrected chi connectivity index (χ1v) is 26.6. The van der Waals surface area contributed by atoms with Gasteiger partial charge in [0.25, 0.3) is 0 Å². The van der Waals surface area contributed by atoms with Crippen molar-refractivity contribution in [2.45, 2.75) is 229 Å². The summed E-state index contributed by atoms with van der Waals surface area (Å²) in [4.78, 5) is 24.7. The van der Waals surface area contributed by atoms with E-state index in [9.17, 15) is 117 Å². The fourth-order valence-electron chi connectivity index (χ4n) is 10.6. The Morgan fingerprint density at radius 3 is 1.14 bits per heavy atom. The van der Waals surface area contributed by atoms with Gasteiger partial charge in [-0.3, -0.25) is 9.59 Å². The number of nitrogens with one attached hydrogen (secondary N) is 2. The van der Waals surface area contributed by atoms with Crippen molar-refractivity contribution in [3.63, 3.8) is 0 Å². The first kappa shape index (κ1) is 69.1. The highest BCUT2D eigenvalue weighted by Crippen LogP contribution is 2.37. The Bertz CT molecular complexity index is 2060. The molecular weight excluding hydrogens is 1160 g/mol. The lowest BCUT2D eigenvalue weighted by atomic mass is 9.94. The normalized spacial score (nSPS) is 50.3. The van der Waals surface area contributed by atoms with E-state index in [-0.39, 0.29) is 0 Å². The van der Waals surface area contributed by atoms with E-state index in [2.05, 4.69) is 10.6 Å². The second-order valence-electron chi connectivity index (χ2n) is 21.1. The molecule has 7 aliphatic rings. The molecule has 0 saturated carbocycles. The van der Waals surface area contributed by atoms with Gasteiger partial charge in [0, 0.05) is 13.8 Å². The zero-order valence-corrected chi connectivity index (χ0v) is 44.7. The number of carbonyl (C=O) groups is 2. The maximum Gasteiger partial charge on any atom is 0.217 e. The van der Waals surface area contributed by atoms with Crippen LogP contribution in [0.15, 0.2) is 0 Å². The van der Waals surface area contributed by atoms with Crippen molar-refractivity contribution in [3.05, 3.63) is 0 Å². The highest BCUT2D eigenvalue weighted by molar-refractivity contribution is 5.73. The molecule has 7 rings (SSSR count). The van der Waals surface area contributed by atoms with E-state index < -0.39 is 273 Å². The molecule has 0 aliphatic carbocycles. The van der Waals surface area contributed by atoms with E-state index in [0.717, 1.165) is 13.8 Å². The summed E-state index contributed by atoms with van der Waals surface area (Å²) < 4.78 is 74.4. The van der Waals surface area contributed by atoms with Crippen LogP contribution >= 0.6 is 0 Å². The largest absolute Gasteiger partial charge is 0.394 e. The van der Waals surface area contributed by atoms with Gasteiger partial charge in [-0.1, -0.05) is 0 Å². The Hall–Kier alpha value is -2.42.